The van der Waals surface area contributed by atoms with Gasteiger partial charge in [-0.15, -0.1) is 0 Å². The number of halogens is 2. The molecule has 0 spiro atoms. The van der Waals surface area contributed by atoms with E-state index in [1.807, 2.05) is 0 Å². The summed E-state index contributed by atoms with van der Waals surface area (Å²) in [6.45, 7) is 3.69. The molecule has 0 amide bonds. The van der Waals surface area contributed by atoms with Crippen molar-refractivity contribution in [3.63, 3.8) is 0 Å². The van der Waals surface area contributed by atoms with Crippen LogP contribution in [0.1, 0.15) is 0 Å². The van der Waals surface area contributed by atoms with Gasteiger partial charge in [-0.1, -0.05) is 0 Å². The molecule has 0 radical (unpaired) electrons. The van der Waals surface area contributed by atoms with Gasteiger partial charge >= 0.3 is 0 Å². The largest absolute Gasteiger partial charge is 0.445 e. The van der Waals surface area contributed by atoms with E-state index >= 15 is 0 Å². The maximum absolute atomic E-state index is 10.0. The van der Waals surface area contributed by atoms with E-state index < -0.39 is 6.08 Å². The normalized spacial score (nSPS) is 5.20. The zero-order valence-electron chi connectivity index (χ0n) is 2.54. The second kappa shape index (κ2) is 2.60. The van der Waals surface area contributed by atoms with Crippen LogP contribution in [0.3, 0.4) is 0 Å². The summed E-state index contributed by atoms with van der Waals surface area (Å²) in [6.07, 6.45) is -2.08. The van der Waals surface area contributed by atoms with E-state index in [2.05, 4.69) is 6.58 Å². The number of hydrogen-bond donors (Lipinski definition) is 0. The fourth-order valence-corrected chi connectivity index (χ4v) is 0. The zero-order chi connectivity index (χ0) is 3.58. The third kappa shape index (κ3) is 0.478. The average Bonchev–Trinajstić information content (AvgIpc) is 0.811. The van der Waals surface area contributed by atoms with Gasteiger partial charge in [0.2, 0.25) is 0 Å². The summed E-state index contributed by atoms with van der Waals surface area (Å²) < 4.78 is 20.1. The quantitative estimate of drug-likeness (QED) is 0.586. The monoisotopic (exact) mass is 330 g/mol. The van der Waals surface area contributed by atoms with Crippen LogP contribution >= 0.6 is 0 Å². The van der Waals surface area contributed by atoms with Gasteiger partial charge in [-0.2, -0.15) is 0 Å². The van der Waals surface area contributed by atoms with Crippen LogP contribution in [0, 0.1) is 6.58 Å². The van der Waals surface area contributed by atoms with Gasteiger partial charge in [0.15, 0.2) is 0 Å². The maximum atomic E-state index is 10.0. The van der Waals surface area contributed by atoms with Crippen molar-refractivity contribution in [3.05, 3.63) is 12.7 Å². The molecule has 0 N–H and O–H groups in total. The van der Waals surface area contributed by atoms with Crippen molar-refractivity contribution >= 4 is 0 Å². The maximum Gasteiger partial charge on any atom is 0.0884 e. The van der Waals surface area contributed by atoms with Gasteiger partial charge in [-0.05, 0) is 0 Å². The summed E-state index contributed by atoms with van der Waals surface area (Å²) in [4.78, 5) is 0. The SMILES string of the molecule is [CH-]=C(F)F.[Rf]. The van der Waals surface area contributed by atoms with Crippen LogP contribution in [0.15, 0.2) is 6.08 Å². The Kier molecular flexibility index (Phi) is 4.94. The molecule has 0 aliphatic heterocycles. The predicted octanol–water partition coefficient (Wildman–Crippen LogP) is 1.20. The standard InChI is InChI=1S/C2HF2.Rf/c1-2(3)4;/h1H;/q-1;. The Bertz CT molecular complexity index is 30.6. The molecule has 5 heavy (non-hydrogen) atoms. The summed E-state index contributed by atoms with van der Waals surface area (Å²) >= 11 is 0. The minimum Gasteiger partial charge on any atom is -0.445 e. The smallest absolute Gasteiger partial charge is 0.0884 e. The Morgan fingerprint density at radius 1 is 1.40 bits per heavy atom. The first-order valence-electron chi connectivity index (χ1n) is 0.667. The van der Waals surface area contributed by atoms with Gasteiger partial charge in [-0.3, -0.25) is 0 Å². The summed E-state index contributed by atoms with van der Waals surface area (Å²) in [5.41, 5.74) is 0. The van der Waals surface area contributed by atoms with Crippen LogP contribution in [0.4, 0.5) is 8.78 Å². The average molecular weight is 330 g/mol. The van der Waals surface area contributed by atoms with Gasteiger partial charge in [0.1, 0.15) is 0 Å². The second-order valence-electron chi connectivity index (χ2n) is 0.290. The van der Waals surface area contributed by atoms with Crippen molar-refractivity contribution in [2.24, 2.45) is 0 Å². The van der Waals surface area contributed by atoms with Crippen molar-refractivity contribution in [1.29, 1.82) is 0 Å². The predicted molar refractivity (Wildman–Crippen MR) is 10.0 cm³/mol. The Hall–Kier alpha value is -1.40. The molecular weight excluding hydrogens is 329 g/mol. The van der Waals surface area contributed by atoms with Crippen LogP contribution in [-0.4, -0.2) is 0 Å². The second-order valence-corrected chi connectivity index (χ2v) is 0.290. The van der Waals surface area contributed by atoms with Crippen molar-refractivity contribution < 1.29 is 8.78 Å². The van der Waals surface area contributed by atoms with Crippen LogP contribution < -0.4 is 0 Å². The van der Waals surface area contributed by atoms with E-state index in [9.17, 15) is 8.78 Å². The van der Waals surface area contributed by atoms with Crippen LogP contribution in [0.5, 0.6) is 0 Å². The van der Waals surface area contributed by atoms with Crippen molar-refractivity contribution in [2.45, 2.75) is 0 Å². The molecule has 0 aromatic carbocycles. The molecule has 0 heterocycles. The fraction of sp³-hybridized carbons (Fsp3) is 0. The minimum atomic E-state index is -2.08. The van der Waals surface area contributed by atoms with Gasteiger partial charge in [0, 0.05) is 0 Å². The van der Waals surface area contributed by atoms with Crippen molar-refractivity contribution in [2.75, 3.05) is 0 Å². The summed E-state index contributed by atoms with van der Waals surface area (Å²) in [5, 5.41) is 0. The molecule has 0 saturated heterocycles. The fourth-order valence-electron chi connectivity index (χ4n) is 0. The number of rotatable bonds is 0. The minimum absolute atomic E-state index is 0. The Morgan fingerprint density at radius 3 is 1.40 bits per heavy atom. The first kappa shape index (κ1) is 9.51. The molecule has 0 nitrogen and oxygen atoms in total. The molecule has 0 aromatic rings. The third-order valence-corrected chi connectivity index (χ3v) is 0. The molecule has 0 saturated carbocycles. The summed E-state index contributed by atoms with van der Waals surface area (Å²) in [5.74, 6) is 0. The molecule has 0 aromatic heterocycles. The summed E-state index contributed by atoms with van der Waals surface area (Å²) in [6, 6.07) is 0. The van der Waals surface area contributed by atoms with Gasteiger partial charge in [-0.25, -0.2) is 8.78 Å². The molecule has 0 aliphatic rings. The van der Waals surface area contributed by atoms with E-state index in [4.69, 9.17) is 0 Å². The Labute approximate surface area is 22.7 Å². The molecule has 3 heteroatoms. The van der Waals surface area contributed by atoms with E-state index in [-0.39, 0.29) is 0 Å². The van der Waals surface area contributed by atoms with Crippen LogP contribution in [0.25, 0.3) is 0 Å². The van der Waals surface area contributed by atoms with Gasteiger partial charge < -0.3 is 6.58 Å². The van der Waals surface area contributed by atoms with Crippen molar-refractivity contribution in [3.8, 4) is 0 Å². The first-order chi connectivity index (χ1) is 1.73. The first-order valence-corrected chi connectivity index (χ1v) is 0.667. The molecular formula is C2HF2Rf-. The molecule has 0 rings (SSSR count). The van der Waals surface area contributed by atoms with E-state index in [0.29, 0.717) is 0 Å². The van der Waals surface area contributed by atoms with Crippen LogP contribution in [-0.2, 0) is 0 Å². The van der Waals surface area contributed by atoms with Crippen molar-refractivity contribution in [1.82, 2.24) is 0 Å². The molecule has 0 aliphatic carbocycles. The van der Waals surface area contributed by atoms with Gasteiger partial charge in [0.05, 0.1) is 6.08 Å². The van der Waals surface area contributed by atoms with E-state index in [0.717, 1.165) is 0 Å². The molecule has 0 unspecified atom stereocenters. The Morgan fingerprint density at radius 2 is 1.40 bits per heavy atom. The molecule has 0 fully saturated rings. The number of hydrogen-bond acceptors (Lipinski definition) is 0. The Balaban J connectivity index is 0. The zero-order valence-corrected chi connectivity index (χ0v) is 8.94. The third-order valence-electron chi connectivity index (χ3n) is 0. The molecule has 0 atom stereocenters. The molecule has 0 bridgehead atoms. The van der Waals surface area contributed by atoms with Gasteiger partial charge in [0.25, 0.3) is 0 Å². The van der Waals surface area contributed by atoms with E-state index in [1.165, 1.54) is 0 Å². The topological polar surface area (TPSA) is 0 Å². The molecule has 26 valence electrons. The van der Waals surface area contributed by atoms with E-state index in [1.54, 1.807) is 0 Å². The van der Waals surface area contributed by atoms with Crippen LogP contribution in [0.2, 0.25) is 0 Å². The summed E-state index contributed by atoms with van der Waals surface area (Å²) in [7, 11) is 0.